The molecule has 2 N–H and O–H groups in total. The zero-order valence-corrected chi connectivity index (χ0v) is 28.2. The quantitative estimate of drug-likeness (QED) is 0.226. The molecule has 15 heteroatoms. The molecule has 3 fully saturated rings. The maximum absolute atomic E-state index is 14.9. The average molecular weight is 697 g/mol. The predicted molar refractivity (Wildman–Crippen MR) is 183 cm³/mol. The van der Waals surface area contributed by atoms with E-state index in [0.29, 0.717) is 47.8 Å². The lowest BCUT2D eigenvalue weighted by Crippen LogP contribution is -2.54. The number of nitrogens with one attached hydrogen (secondary N) is 2. The molecule has 2 amide bonds. The predicted octanol–water partition coefficient (Wildman–Crippen LogP) is 5.30. The van der Waals surface area contributed by atoms with E-state index in [2.05, 4.69) is 37.0 Å². The van der Waals surface area contributed by atoms with Gasteiger partial charge in [-0.1, -0.05) is 24.2 Å². The Morgan fingerprint density at radius 3 is 2.49 bits per heavy atom. The summed E-state index contributed by atoms with van der Waals surface area (Å²) in [7, 11) is 1.57. The number of methoxy groups -OCH3 is 1. The summed E-state index contributed by atoms with van der Waals surface area (Å²) in [5, 5.41) is 7.09. The zero-order valence-electron chi connectivity index (χ0n) is 27.4. The lowest BCUT2D eigenvalue weighted by atomic mass is 10.0. The van der Waals surface area contributed by atoms with Crippen molar-refractivity contribution in [3.05, 3.63) is 71.5 Å². The van der Waals surface area contributed by atoms with Crippen LogP contribution in [0.1, 0.15) is 37.8 Å². The van der Waals surface area contributed by atoms with Crippen molar-refractivity contribution in [2.75, 3.05) is 73.6 Å². The molecular weight excluding hydrogens is 658 g/mol. The van der Waals surface area contributed by atoms with E-state index >= 15 is 0 Å². The summed E-state index contributed by atoms with van der Waals surface area (Å²) in [6, 6.07) is 7.62. The molecule has 3 saturated heterocycles. The molecule has 6 rings (SSSR count). The number of piperazine rings is 1. The van der Waals surface area contributed by atoms with E-state index in [1.54, 1.807) is 26.2 Å². The number of anilines is 5. The molecule has 0 radical (unpaired) electrons. The van der Waals surface area contributed by atoms with Crippen LogP contribution in [0.15, 0.2) is 49.3 Å². The molecule has 3 aliphatic rings. The molecule has 12 nitrogen and oxygen atoms in total. The van der Waals surface area contributed by atoms with Crippen LogP contribution >= 0.6 is 11.6 Å². The second-order valence-corrected chi connectivity index (χ2v) is 12.5. The van der Waals surface area contributed by atoms with Gasteiger partial charge in [0.1, 0.15) is 34.6 Å². The van der Waals surface area contributed by atoms with Crippen molar-refractivity contribution in [3.8, 4) is 5.75 Å². The molecule has 0 unspecified atom stereocenters. The topological polar surface area (TPSA) is 115 Å². The van der Waals surface area contributed by atoms with E-state index in [9.17, 15) is 18.4 Å². The first-order valence-corrected chi connectivity index (χ1v) is 16.6. The number of halogens is 3. The molecular formula is C34H39ClF2N8O4. The molecule has 0 aliphatic carbocycles. The Kier molecular flexibility index (Phi) is 10.5. The zero-order chi connectivity index (χ0) is 34.7. The molecule has 0 spiro atoms. The molecule has 0 saturated carbocycles. The van der Waals surface area contributed by atoms with Crippen LogP contribution in [0.2, 0.25) is 5.02 Å². The third-order valence-corrected chi connectivity index (χ3v) is 9.66. The van der Waals surface area contributed by atoms with Gasteiger partial charge in [0.25, 0.3) is 0 Å². The Balaban J connectivity index is 1.21. The molecule has 1 aromatic heterocycles. The van der Waals surface area contributed by atoms with Gasteiger partial charge in [-0.15, -0.1) is 0 Å². The van der Waals surface area contributed by atoms with Gasteiger partial charge < -0.3 is 25.2 Å². The Morgan fingerprint density at radius 1 is 1.04 bits per heavy atom. The van der Waals surface area contributed by atoms with Crippen LogP contribution in [-0.4, -0.2) is 90.6 Å². The molecule has 4 heterocycles. The summed E-state index contributed by atoms with van der Waals surface area (Å²) in [5.74, 6) is -0.663. The second kappa shape index (κ2) is 14.9. The normalized spacial score (nSPS) is 18.8. The second-order valence-electron chi connectivity index (χ2n) is 12.1. The summed E-state index contributed by atoms with van der Waals surface area (Å²) >= 11 is 5.86. The Morgan fingerprint density at radius 2 is 1.80 bits per heavy atom. The van der Waals surface area contributed by atoms with Crippen molar-refractivity contribution in [3.63, 3.8) is 0 Å². The van der Waals surface area contributed by atoms with Gasteiger partial charge in [0.2, 0.25) is 11.8 Å². The summed E-state index contributed by atoms with van der Waals surface area (Å²) in [6.07, 6.45) is 4.87. The van der Waals surface area contributed by atoms with Crippen LogP contribution in [0.25, 0.3) is 0 Å². The Bertz CT molecular complexity index is 1720. The minimum absolute atomic E-state index is 0.120. The number of ether oxygens (including phenoxy) is 1. The largest absolute Gasteiger partial charge is 0.494 e. The Hall–Kier alpha value is -4.53. The molecule has 2 aromatic carbocycles. The van der Waals surface area contributed by atoms with Crippen molar-refractivity contribution in [2.24, 2.45) is 0 Å². The maximum atomic E-state index is 14.9. The summed E-state index contributed by atoms with van der Waals surface area (Å²) in [6.45, 7) is 10.3. The fourth-order valence-corrected chi connectivity index (χ4v) is 6.88. The first kappa shape index (κ1) is 34.3. The number of rotatable bonds is 9. The van der Waals surface area contributed by atoms with Crippen LogP contribution in [-0.2, 0) is 14.4 Å². The third kappa shape index (κ3) is 7.41. The molecule has 0 bridgehead atoms. The highest BCUT2D eigenvalue weighted by molar-refractivity contribution is 6.31. The van der Waals surface area contributed by atoms with E-state index < -0.39 is 22.7 Å². The fraction of sp³-hybridized carbons (Fsp3) is 0.412. The first-order chi connectivity index (χ1) is 23.7. The summed E-state index contributed by atoms with van der Waals surface area (Å²) in [5.41, 5.74) is 2.11. The van der Waals surface area contributed by atoms with Gasteiger partial charge in [0.15, 0.2) is 5.82 Å². The lowest BCUT2D eigenvalue weighted by molar-refractivity contribution is -0.131. The number of carbonyl (C=O) groups excluding carboxylic acids is 2. The first-order valence-electron chi connectivity index (χ1n) is 16.2. The van der Waals surface area contributed by atoms with E-state index in [4.69, 9.17) is 21.2 Å². The molecule has 260 valence electrons. The van der Waals surface area contributed by atoms with E-state index in [1.807, 2.05) is 11.0 Å². The van der Waals surface area contributed by atoms with Crippen LogP contribution in [0.3, 0.4) is 0 Å². The van der Waals surface area contributed by atoms with Crippen LogP contribution in [0.5, 0.6) is 5.75 Å². The monoisotopic (exact) mass is 696 g/mol. The number of hydrogen-bond donors (Lipinski definition) is 2. The standard InChI is InChI=1S/C34H39ClF2N8O4/c1-4-32(47)41-25-17-26(29(48-3)18-28(25)44-10-7-22(8-11-44)43-14-12-42(13-15-43)21(2)46)40-30-19-31(39-20-38-30)45-27(9-16-49-45)23-5-6-24(36)33(35)34(23)37/h4-6,17-20,22,27H,1,7-16H2,2-3H3,(H,41,47)(H,38,39,40)/t27-/m1/s1. The molecule has 3 aliphatic heterocycles. The third-order valence-electron chi connectivity index (χ3n) is 9.31. The number of aromatic nitrogens is 2. The van der Waals surface area contributed by atoms with Crippen molar-refractivity contribution < 1.29 is 27.9 Å². The average Bonchev–Trinajstić information content (AvgIpc) is 3.61. The minimum atomic E-state index is -0.842. The number of benzene rings is 2. The number of hydroxylamine groups is 1. The number of piperidine rings is 1. The summed E-state index contributed by atoms with van der Waals surface area (Å²) in [4.78, 5) is 45.4. The number of carbonyl (C=O) groups is 2. The van der Waals surface area contributed by atoms with Crippen molar-refractivity contribution in [1.29, 1.82) is 0 Å². The summed E-state index contributed by atoms with van der Waals surface area (Å²) < 4.78 is 34.6. The molecule has 49 heavy (non-hydrogen) atoms. The van der Waals surface area contributed by atoms with Gasteiger partial charge in [-0.3, -0.25) is 19.3 Å². The van der Waals surface area contributed by atoms with Crippen LogP contribution in [0.4, 0.5) is 37.5 Å². The van der Waals surface area contributed by atoms with Gasteiger partial charge in [-0.05, 0) is 31.1 Å². The van der Waals surface area contributed by atoms with Gasteiger partial charge in [-0.2, -0.15) is 0 Å². The van der Waals surface area contributed by atoms with Crippen LogP contribution < -0.4 is 25.3 Å². The van der Waals surface area contributed by atoms with Gasteiger partial charge >= 0.3 is 0 Å². The van der Waals surface area contributed by atoms with E-state index in [0.717, 1.165) is 63.9 Å². The van der Waals surface area contributed by atoms with Crippen molar-refractivity contribution in [2.45, 2.75) is 38.3 Å². The van der Waals surface area contributed by atoms with Gasteiger partial charge in [-0.25, -0.2) is 23.8 Å². The number of hydrogen-bond acceptors (Lipinski definition) is 10. The van der Waals surface area contributed by atoms with Gasteiger partial charge in [0, 0.05) is 76.4 Å². The number of amides is 2. The molecule has 1 atom stereocenters. The number of nitrogens with zero attached hydrogens (tertiary/aromatic N) is 6. The lowest BCUT2D eigenvalue weighted by Gasteiger charge is -2.43. The SMILES string of the molecule is C=CC(=O)Nc1cc(Nc2cc(N3OCC[C@@H]3c3ccc(F)c(Cl)c3F)ncn2)c(OC)cc1N1CCC(N2CCN(C(C)=O)CC2)CC1. The minimum Gasteiger partial charge on any atom is -0.494 e. The van der Waals surface area contributed by atoms with Crippen molar-refractivity contribution >= 4 is 52.1 Å². The molecule has 3 aromatic rings. The maximum Gasteiger partial charge on any atom is 0.247 e. The smallest absolute Gasteiger partial charge is 0.247 e. The van der Waals surface area contributed by atoms with Crippen LogP contribution in [0, 0.1) is 11.6 Å². The highest BCUT2D eigenvalue weighted by atomic mass is 35.5. The van der Waals surface area contributed by atoms with Crippen molar-refractivity contribution in [1.82, 2.24) is 19.8 Å². The van der Waals surface area contributed by atoms with E-state index in [-0.39, 0.29) is 17.4 Å². The van der Waals surface area contributed by atoms with E-state index in [1.165, 1.54) is 23.5 Å². The highest BCUT2D eigenvalue weighted by Gasteiger charge is 2.33. The fourth-order valence-electron chi connectivity index (χ4n) is 6.70. The highest BCUT2D eigenvalue weighted by Crippen LogP contribution is 2.41. The van der Waals surface area contributed by atoms with Gasteiger partial charge in [0.05, 0.1) is 36.8 Å². The Labute approximate surface area is 288 Å².